The lowest BCUT2D eigenvalue weighted by molar-refractivity contribution is 0.262. The molecule has 0 saturated carbocycles. The third kappa shape index (κ3) is 4.02. The van der Waals surface area contributed by atoms with E-state index in [0.717, 1.165) is 22.4 Å². The highest BCUT2D eigenvalue weighted by atomic mass is 35.5. The highest BCUT2D eigenvalue weighted by Crippen LogP contribution is 2.31. The van der Waals surface area contributed by atoms with Gasteiger partial charge in [-0.05, 0) is 48.0 Å². The number of nitrogens with one attached hydrogen (secondary N) is 3. The van der Waals surface area contributed by atoms with Crippen LogP contribution in [0.5, 0.6) is 0 Å². The van der Waals surface area contributed by atoms with Crippen LogP contribution in [-0.2, 0) is 0 Å². The molecule has 2 amide bonds. The number of anilines is 2. The topological polar surface area (TPSA) is 82.7 Å². The first-order chi connectivity index (χ1) is 13.7. The summed E-state index contributed by atoms with van der Waals surface area (Å²) in [6, 6.07) is 18.0. The van der Waals surface area contributed by atoms with E-state index >= 15 is 0 Å². The third-order valence-corrected chi connectivity index (χ3v) is 4.36. The van der Waals surface area contributed by atoms with E-state index in [-0.39, 0.29) is 6.03 Å². The number of aromatic nitrogens is 3. The van der Waals surface area contributed by atoms with E-state index in [1.807, 2.05) is 36.4 Å². The van der Waals surface area contributed by atoms with Gasteiger partial charge in [0.15, 0.2) is 0 Å². The van der Waals surface area contributed by atoms with E-state index in [4.69, 9.17) is 11.6 Å². The molecule has 2 aromatic carbocycles. The number of amides is 2. The summed E-state index contributed by atoms with van der Waals surface area (Å²) in [4.78, 5) is 16.3. The van der Waals surface area contributed by atoms with Crippen molar-refractivity contribution in [3.63, 3.8) is 0 Å². The van der Waals surface area contributed by atoms with Crippen molar-refractivity contribution < 1.29 is 4.79 Å². The number of rotatable bonds is 4. The molecule has 2 aromatic heterocycles. The van der Waals surface area contributed by atoms with Crippen LogP contribution < -0.4 is 10.6 Å². The summed E-state index contributed by atoms with van der Waals surface area (Å²) in [5.74, 6) is 0. The number of urea groups is 1. The van der Waals surface area contributed by atoms with Gasteiger partial charge in [0, 0.05) is 39.9 Å². The van der Waals surface area contributed by atoms with Crippen LogP contribution in [0.15, 0.2) is 79.3 Å². The van der Waals surface area contributed by atoms with E-state index in [2.05, 4.69) is 25.8 Å². The zero-order valence-electron chi connectivity index (χ0n) is 14.7. The highest BCUT2D eigenvalue weighted by Gasteiger charge is 2.11. The fraction of sp³-hybridized carbons (Fsp3) is 0. The fourth-order valence-corrected chi connectivity index (χ4v) is 3.06. The molecule has 0 atom stereocenters. The molecule has 4 aromatic rings. The van der Waals surface area contributed by atoms with Gasteiger partial charge in [-0.3, -0.25) is 10.1 Å². The van der Waals surface area contributed by atoms with E-state index in [9.17, 15) is 4.79 Å². The summed E-state index contributed by atoms with van der Waals surface area (Å²) in [7, 11) is 0. The maximum absolute atomic E-state index is 12.3. The van der Waals surface area contributed by atoms with Crippen molar-refractivity contribution >= 4 is 29.0 Å². The molecule has 0 spiro atoms. The average molecular weight is 390 g/mol. The monoisotopic (exact) mass is 389 g/mol. The van der Waals surface area contributed by atoms with Crippen molar-refractivity contribution in [2.45, 2.75) is 0 Å². The van der Waals surface area contributed by atoms with Crippen molar-refractivity contribution in [1.82, 2.24) is 15.2 Å². The van der Waals surface area contributed by atoms with Crippen molar-refractivity contribution in [2.75, 3.05) is 10.6 Å². The van der Waals surface area contributed by atoms with Crippen molar-refractivity contribution in [2.24, 2.45) is 0 Å². The lowest BCUT2D eigenvalue weighted by atomic mass is 10.0. The molecule has 0 saturated heterocycles. The number of nitrogens with zero attached hydrogens (tertiary/aromatic N) is 2. The predicted molar refractivity (Wildman–Crippen MR) is 111 cm³/mol. The van der Waals surface area contributed by atoms with Gasteiger partial charge < -0.3 is 10.6 Å². The van der Waals surface area contributed by atoms with Gasteiger partial charge >= 0.3 is 6.03 Å². The zero-order valence-corrected chi connectivity index (χ0v) is 15.4. The molecule has 2 heterocycles. The number of carbonyl (C=O) groups excluding carboxylic acids is 1. The molecule has 0 aliphatic rings. The number of aromatic amines is 1. The minimum absolute atomic E-state index is 0.349. The predicted octanol–water partition coefficient (Wildman–Crippen LogP) is 5.44. The molecule has 4 rings (SSSR count). The maximum Gasteiger partial charge on any atom is 0.323 e. The molecule has 7 heteroatoms. The van der Waals surface area contributed by atoms with Gasteiger partial charge in [-0.25, -0.2) is 4.79 Å². The van der Waals surface area contributed by atoms with Gasteiger partial charge in [0.1, 0.15) is 0 Å². The third-order valence-electron chi connectivity index (χ3n) is 4.12. The van der Waals surface area contributed by atoms with Gasteiger partial charge in [-0.1, -0.05) is 29.8 Å². The van der Waals surface area contributed by atoms with E-state index < -0.39 is 0 Å². The summed E-state index contributed by atoms with van der Waals surface area (Å²) < 4.78 is 0. The molecule has 0 aliphatic heterocycles. The Balaban J connectivity index is 1.54. The Morgan fingerprint density at radius 2 is 1.61 bits per heavy atom. The number of pyridine rings is 1. The zero-order chi connectivity index (χ0) is 19.3. The Labute approximate surface area is 166 Å². The summed E-state index contributed by atoms with van der Waals surface area (Å²) in [5, 5.41) is 13.4. The van der Waals surface area contributed by atoms with Crippen LogP contribution >= 0.6 is 11.6 Å². The van der Waals surface area contributed by atoms with Gasteiger partial charge in [-0.15, -0.1) is 0 Å². The van der Waals surface area contributed by atoms with Crippen LogP contribution in [0.2, 0.25) is 5.02 Å². The van der Waals surface area contributed by atoms with Crippen LogP contribution in [0.25, 0.3) is 22.4 Å². The van der Waals surface area contributed by atoms with Crippen LogP contribution in [0, 0.1) is 0 Å². The molecule has 0 bridgehead atoms. The minimum atomic E-state index is -0.349. The van der Waals surface area contributed by atoms with E-state index in [1.165, 1.54) is 0 Å². The Bertz CT molecular complexity index is 1110. The Kier molecular flexibility index (Phi) is 5.03. The first kappa shape index (κ1) is 17.8. The fourth-order valence-electron chi connectivity index (χ4n) is 2.87. The molecule has 0 aliphatic carbocycles. The Morgan fingerprint density at radius 1 is 0.893 bits per heavy atom. The van der Waals surface area contributed by atoms with Gasteiger partial charge in [0.05, 0.1) is 11.9 Å². The first-order valence-corrected chi connectivity index (χ1v) is 8.94. The highest BCUT2D eigenvalue weighted by molar-refractivity contribution is 6.30. The molecular formula is C21H16ClN5O. The van der Waals surface area contributed by atoms with Crippen LogP contribution in [0.3, 0.4) is 0 Å². The number of halogens is 1. The quantitative estimate of drug-likeness (QED) is 0.434. The van der Waals surface area contributed by atoms with Crippen molar-refractivity contribution in [1.29, 1.82) is 0 Å². The second kappa shape index (κ2) is 7.94. The lowest BCUT2D eigenvalue weighted by Crippen LogP contribution is -2.19. The molecule has 0 unspecified atom stereocenters. The number of carbonyl (C=O) groups is 1. The minimum Gasteiger partial charge on any atom is -0.308 e. The molecule has 6 nitrogen and oxygen atoms in total. The Morgan fingerprint density at radius 3 is 2.36 bits per heavy atom. The smallest absolute Gasteiger partial charge is 0.308 e. The largest absolute Gasteiger partial charge is 0.323 e. The second-order valence-electron chi connectivity index (χ2n) is 6.06. The van der Waals surface area contributed by atoms with E-state index in [0.29, 0.717) is 16.4 Å². The SMILES string of the molecule is O=C(Nc1cccc(Cl)c1)Nc1cccc(-c2[nH]ncc2-c2ccncc2)c1. The molecule has 0 radical (unpaired) electrons. The van der Waals surface area contributed by atoms with Crippen LogP contribution in [0.4, 0.5) is 16.2 Å². The normalized spacial score (nSPS) is 10.5. The van der Waals surface area contributed by atoms with Crippen molar-refractivity contribution in [3.8, 4) is 22.4 Å². The summed E-state index contributed by atoms with van der Waals surface area (Å²) in [5.41, 5.74) is 5.02. The first-order valence-electron chi connectivity index (χ1n) is 8.57. The second-order valence-corrected chi connectivity index (χ2v) is 6.50. The van der Waals surface area contributed by atoms with Gasteiger partial charge in [0.2, 0.25) is 0 Å². The number of hydrogen-bond donors (Lipinski definition) is 3. The summed E-state index contributed by atoms with van der Waals surface area (Å²) in [6.07, 6.45) is 5.26. The van der Waals surface area contributed by atoms with Crippen molar-refractivity contribution in [3.05, 3.63) is 84.3 Å². The van der Waals surface area contributed by atoms with Gasteiger partial charge in [0.25, 0.3) is 0 Å². The molecule has 0 fully saturated rings. The van der Waals surface area contributed by atoms with E-state index in [1.54, 1.807) is 42.9 Å². The maximum atomic E-state index is 12.3. The lowest BCUT2D eigenvalue weighted by Gasteiger charge is -2.10. The number of benzene rings is 2. The number of H-pyrrole nitrogens is 1. The Hall–Kier alpha value is -3.64. The summed E-state index contributed by atoms with van der Waals surface area (Å²) >= 11 is 5.95. The standard InChI is InChI=1S/C21H16ClN5O/c22-16-4-2-6-18(12-16)26-21(28)25-17-5-1-3-15(11-17)20-19(13-24-27-20)14-7-9-23-10-8-14/h1-13H,(H,24,27)(H2,25,26,28). The molecule has 28 heavy (non-hydrogen) atoms. The van der Waals surface area contributed by atoms with Crippen LogP contribution in [-0.4, -0.2) is 21.2 Å². The summed E-state index contributed by atoms with van der Waals surface area (Å²) in [6.45, 7) is 0. The van der Waals surface area contributed by atoms with Gasteiger partial charge in [-0.2, -0.15) is 5.10 Å². The number of hydrogen-bond acceptors (Lipinski definition) is 3. The molecular weight excluding hydrogens is 374 g/mol. The molecule has 3 N–H and O–H groups in total. The van der Waals surface area contributed by atoms with Crippen LogP contribution in [0.1, 0.15) is 0 Å². The average Bonchev–Trinajstić information content (AvgIpc) is 3.19. The molecule has 138 valence electrons.